The standard InChI is InChI=1S/C12H9BrClNO3S/c1-5(16)17-4-6-2-7-9(18-6)3-8(14)10-11(7)19-12(13)15-10/h3,6H,2,4H2,1H3. The van der Waals surface area contributed by atoms with Crippen molar-refractivity contribution in [3.63, 3.8) is 0 Å². The van der Waals surface area contributed by atoms with Crippen LogP contribution in [0.1, 0.15) is 12.5 Å². The Morgan fingerprint density at radius 1 is 1.74 bits per heavy atom. The van der Waals surface area contributed by atoms with Crippen LogP contribution in [0.5, 0.6) is 5.75 Å². The molecule has 100 valence electrons. The summed E-state index contributed by atoms with van der Waals surface area (Å²) in [5, 5.41) is 0.573. The summed E-state index contributed by atoms with van der Waals surface area (Å²) in [5.41, 5.74) is 1.87. The molecule has 0 radical (unpaired) electrons. The Balaban J connectivity index is 1.94. The van der Waals surface area contributed by atoms with Crippen LogP contribution in [0.25, 0.3) is 10.2 Å². The Hall–Kier alpha value is -0.850. The first-order valence-corrected chi connectivity index (χ1v) is 7.61. The van der Waals surface area contributed by atoms with Gasteiger partial charge in [0.05, 0.1) is 9.72 Å². The van der Waals surface area contributed by atoms with E-state index < -0.39 is 0 Å². The molecule has 3 rings (SSSR count). The number of aromatic nitrogens is 1. The van der Waals surface area contributed by atoms with E-state index in [1.807, 2.05) is 0 Å². The Bertz CT molecular complexity index is 673. The van der Waals surface area contributed by atoms with Gasteiger partial charge >= 0.3 is 5.97 Å². The fraction of sp³-hybridized carbons (Fsp3) is 0.333. The Kier molecular flexibility index (Phi) is 3.41. The van der Waals surface area contributed by atoms with Crippen molar-refractivity contribution in [2.24, 2.45) is 0 Å². The average molecular weight is 363 g/mol. The largest absolute Gasteiger partial charge is 0.486 e. The lowest BCUT2D eigenvalue weighted by atomic mass is 10.1. The summed E-state index contributed by atoms with van der Waals surface area (Å²) in [5.74, 6) is 0.453. The van der Waals surface area contributed by atoms with Gasteiger partial charge in [0, 0.05) is 25.0 Å². The molecule has 19 heavy (non-hydrogen) atoms. The van der Waals surface area contributed by atoms with Crippen molar-refractivity contribution in [2.75, 3.05) is 6.61 Å². The smallest absolute Gasteiger partial charge is 0.302 e. The van der Waals surface area contributed by atoms with E-state index in [4.69, 9.17) is 21.1 Å². The maximum Gasteiger partial charge on any atom is 0.302 e. The highest BCUT2D eigenvalue weighted by Crippen LogP contribution is 2.42. The maximum absolute atomic E-state index is 10.8. The van der Waals surface area contributed by atoms with E-state index >= 15 is 0 Å². The van der Waals surface area contributed by atoms with E-state index in [1.165, 1.54) is 18.3 Å². The van der Waals surface area contributed by atoms with Gasteiger partial charge in [0.1, 0.15) is 24.0 Å². The number of fused-ring (bicyclic) bond motifs is 3. The van der Waals surface area contributed by atoms with Gasteiger partial charge in [0.15, 0.2) is 3.92 Å². The van der Waals surface area contributed by atoms with Crippen molar-refractivity contribution in [2.45, 2.75) is 19.4 Å². The van der Waals surface area contributed by atoms with Gasteiger partial charge in [-0.15, -0.1) is 11.3 Å². The molecule has 1 aromatic carbocycles. The molecule has 1 unspecified atom stereocenters. The number of esters is 1. The zero-order valence-corrected chi connectivity index (χ0v) is 13.1. The molecule has 0 fully saturated rings. The minimum Gasteiger partial charge on any atom is -0.486 e. The molecule has 1 aliphatic heterocycles. The van der Waals surface area contributed by atoms with Crippen molar-refractivity contribution in [1.29, 1.82) is 0 Å². The number of carbonyl (C=O) groups is 1. The number of carbonyl (C=O) groups excluding carboxylic acids is 1. The summed E-state index contributed by atoms with van der Waals surface area (Å²) in [6.45, 7) is 1.64. The van der Waals surface area contributed by atoms with Crippen LogP contribution in [0, 0.1) is 0 Å². The average Bonchev–Trinajstić information content (AvgIpc) is 2.89. The molecule has 1 atom stereocenters. The van der Waals surface area contributed by atoms with Crippen molar-refractivity contribution in [3.8, 4) is 5.75 Å². The molecule has 1 aliphatic rings. The number of hydrogen-bond donors (Lipinski definition) is 0. The van der Waals surface area contributed by atoms with E-state index in [9.17, 15) is 4.79 Å². The number of nitrogens with zero attached hydrogens (tertiary/aromatic N) is 1. The molecule has 0 N–H and O–H groups in total. The third-order valence-corrected chi connectivity index (χ3v) is 4.71. The second kappa shape index (κ2) is 4.92. The molecule has 2 aromatic rings. The van der Waals surface area contributed by atoms with Crippen LogP contribution >= 0.6 is 38.9 Å². The monoisotopic (exact) mass is 361 g/mol. The second-order valence-electron chi connectivity index (χ2n) is 4.23. The molecular weight excluding hydrogens is 354 g/mol. The zero-order valence-electron chi connectivity index (χ0n) is 9.91. The minimum absolute atomic E-state index is 0.151. The van der Waals surface area contributed by atoms with Crippen LogP contribution < -0.4 is 4.74 Å². The third kappa shape index (κ3) is 2.44. The van der Waals surface area contributed by atoms with Crippen molar-refractivity contribution in [3.05, 3.63) is 20.6 Å². The first-order chi connectivity index (χ1) is 9.04. The summed E-state index contributed by atoms with van der Waals surface area (Å²) in [7, 11) is 0. The van der Waals surface area contributed by atoms with Crippen LogP contribution in [0.15, 0.2) is 9.98 Å². The molecular formula is C12H9BrClNO3S. The predicted molar refractivity (Wildman–Crippen MR) is 77.1 cm³/mol. The van der Waals surface area contributed by atoms with E-state index in [0.717, 1.165) is 25.4 Å². The van der Waals surface area contributed by atoms with Crippen LogP contribution in [0.4, 0.5) is 0 Å². The number of thiazole rings is 1. The van der Waals surface area contributed by atoms with Crippen molar-refractivity contribution in [1.82, 2.24) is 4.98 Å². The third-order valence-electron chi connectivity index (χ3n) is 2.85. The van der Waals surface area contributed by atoms with Crippen LogP contribution in [-0.4, -0.2) is 23.7 Å². The van der Waals surface area contributed by atoms with Crippen LogP contribution in [-0.2, 0) is 16.0 Å². The quantitative estimate of drug-likeness (QED) is 0.766. The molecule has 0 saturated heterocycles. The Morgan fingerprint density at radius 3 is 3.26 bits per heavy atom. The molecule has 4 nitrogen and oxygen atoms in total. The molecule has 0 spiro atoms. The lowest BCUT2D eigenvalue weighted by Crippen LogP contribution is -2.21. The second-order valence-corrected chi connectivity index (χ2v) is 6.91. The number of ether oxygens (including phenoxy) is 2. The molecule has 1 aromatic heterocycles. The Labute approximate surface area is 126 Å². The fourth-order valence-electron chi connectivity index (χ4n) is 2.09. The van der Waals surface area contributed by atoms with Crippen molar-refractivity contribution < 1.29 is 14.3 Å². The van der Waals surface area contributed by atoms with Gasteiger partial charge in [-0.1, -0.05) is 11.6 Å². The number of hydrogen-bond acceptors (Lipinski definition) is 5. The van der Waals surface area contributed by atoms with Crippen LogP contribution in [0.2, 0.25) is 5.02 Å². The molecule has 0 saturated carbocycles. The molecule has 2 heterocycles. The van der Waals surface area contributed by atoms with Gasteiger partial charge in [-0.25, -0.2) is 4.98 Å². The van der Waals surface area contributed by atoms with Gasteiger partial charge in [0.25, 0.3) is 0 Å². The highest BCUT2D eigenvalue weighted by molar-refractivity contribution is 9.11. The van der Waals surface area contributed by atoms with E-state index in [0.29, 0.717) is 11.4 Å². The number of benzene rings is 1. The number of halogens is 2. The van der Waals surface area contributed by atoms with Crippen molar-refractivity contribution >= 4 is 55.1 Å². The summed E-state index contributed by atoms with van der Waals surface area (Å²) in [6.07, 6.45) is 0.548. The summed E-state index contributed by atoms with van der Waals surface area (Å²) in [4.78, 5) is 15.2. The maximum atomic E-state index is 10.8. The highest BCUT2D eigenvalue weighted by Gasteiger charge is 2.28. The highest BCUT2D eigenvalue weighted by atomic mass is 79.9. The van der Waals surface area contributed by atoms with E-state index in [2.05, 4.69) is 20.9 Å². The van der Waals surface area contributed by atoms with Gasteiger partial charge in [-0.3, -0.25) is 4.79 Å². The van der Waals surface area contributed by atoms with Crippen LogP contribution in [0.3, 0.4) is 0 Å². The molecule has 0 bridgehead atoms. The van der Waals surface area contributed by atoms with Gasteiger partial charge < -0.3 is 9.47 Å². The summed E-state index contributed by atoms with van der Waals surface area (Å²) in [6, 6.07) is 1.78. The zero-order chi connectivity index (χ0) is 13.6. The SMILES string of the molecule is CC(=O)OCC1Cc2c(cc(Cl)c3nc(Br)sc23)O1. The fourth-order valence-corrected chi connectivity index (χ4v) is 3.91. The van der Waals surface area contributed by atoms with E-state index in [-0.39, 0.29) is 18.7 Å². The topological polar surface area (TPSA) is 48.4 Å². The molecule has 0 aliphatic carbocycles. The minimum atomic E-state index is -0.303. The normalized spacial score (nSPS) is 17.3. The molecule has 0 amide bonds. The first-order valence-electron chi connectivity index (χ1n) is 5.62. The summed E-state index contributed by atoms with van der Waals surface area (Å²) >= 11 is 11.1. The number of rotatable bonds is 2. The predicted octanol–water partition coefficient (Wildman–Crippen LogP) is 3.58. The molecule has 7 heteroatoms. The van der Waals surface area contributed by atoms with Gasteiger partial charge in [-0.05, 0) is 15.9 Å². The lowest BCUT2D eigenvalue weighted by molar-refractivity contribution is -0.143. The van der Waals surface area contributed by atoms with E-state index in [1.54, 1.807) is 6.07 Å². The van der Waals surface area contributed by atoms with Gasteiger partial charge in [0.2, 0.25) is 0 Å². The lowest BCUT2D eigenvalue weighted by Gasteiger charge is -2.09. The first kappa shape index (κ1) is 13.1. The summed E-state index contributed by atoms with van der Waals surface area (Å²) < 4.78 is 12.6. The van der Waals surface area contributed by atoms with Gasteiger partial charge in [-0.2, -0.15) is 0 Å². The Morgan fingerprint density at radius 2 is 2.53 bits per heavy atom.